The molecule has 1 fully saturated rings. The summed E-state index contributed by atoms with van der Waals surface area (Å²) in [5, 5.41) is 3.53. The zero-order valence-corrected chi connectivity index (χ0v) is 9.04. The van der Waals surface area contributed by atoms with Gasteiger partial charge in [-0.3, -0.25) is 0 Å². The van der Waals surface area contributed by atoms with Gasteiger partial charge in [0.05, 0.1) is 13.2 Å². The summed E-state index contributed by atoms with van der Waals surface area (Å²) in [4.78, 5) is 0. The van der Waals surface area contributed by atoms with E-state index in [2.05, 4.69) is 25.4 Å². The van der Waals surface area contributed by atoms with Crippen molar-refractivity contribution in [3.63, 3.8) is 0 Å². The van der Waals surface area contributed by atoms with Gasteiger partial charge in [0, 0.05) is 23.8 Å². The minimum absolute atomic E-state index is 0.409. The molecule has 3 heteroatoms. The van der Waals surface area contributed by atoms with Crippen molar-refractivity contribution < 1.29 is 4.74 Å². The first-order chi connectivity index (χ1) is 5.66. The molecular weight excluding hydrogens is 170 g/mol. The van der Waals surface area contributed by atoms with Crippen molar-refractivity contribution in [3.05, 3.63) is 0 Å². The van der Waals surface area contributed by atoms with Gasteiger partial charge in [-0.05, 0) is 13.2 Å². The van der Waals surface area contributed by atoms with Gasteiger partial charge in [0.15, 0.2) is 0 Å². The van der Waals surface area contributed by atoms with Crippen molar-refractivity contribution in [2.75, 3.05) is 31.8 Å². The molecule has 0 spiro atoms. The van der Waals surface area contributed by atoms with Crippen LogP contribution < -0.4 is 5.32 Å². The van der Waals surface area contributed by atoms with E-state index in [0.717, 1.165) is 19.8 Å². The van der Waals surface area contributed by atoms with Gasteiger partial charge in [-0.1, -0.05) is 6.92 Å². The molecule has 12 heavy (non-hydrogen) atoms. The van der Waals surface area contributed by atoms with Crippen LogP contribution in [0.4, 0.5) is 0 Å². The Kier molecular flexibility index (Phi) is 3.87. The number of ether oxygens (including phenoxy) is 1. The summed E-state index contributed by atoms with van der Waals surface area (Å²) in [6, 6.07) is 0.623. The SMILES string of the molecule is CSCC(C)NCC1(C)COC1. The Balaban J connectivity index is 2.07. The van der Waals surface area contributed by atoms with Gasteiger partial charge in [-0.2, -0.15) is 11.8 Å². The average Bonchev–Trinajstić information content (AvgIpc) is 1.98. The molecule has 1 aliphatic heterocycles. The number of nitrogens with one attached hydrogen (secondary N) is 1. The summed E-state index contributed by atoms with van der Waals surface area (Å²) in [6.45, 7) is 7.45. The molecule has 1 rings (SSSR count). The maximum absolute atomic E-state index is 5.18. The first-order valence-corrected chi connectivity index (χ1v) is 5.86. The molecular formula is C9H19NOS. The molecule has 1 N–H and O–H groups in total. The van der Waals surface area contributed by atoms with Crippen LogP contribution in [0, 0.1) is 5.41 Å². The zero-order chi connectivity index (χ0) is 9.03. The molecule has 0 aromatic carbocycles. The average molecular weight is 189 g/mol. The lowest BCUT2D eigenvalue weighted by Gasteiger charge is -2.39. The van der Waals surface area contributed by atoms with Gasteiger partial charge in [-0.15, -0.1) is 0 Å². The first-order valence-electron chi connectivity index (χ1n) is 4.46. The highest BCUT2D eigenvalue weighted by atomic mass is 32.2. The van der Waals surface area contributed by atoms with E-state index in [-0.39, 0.29) is 0 Å². The second-order valence-corrected chi connectivity index (χ2v) is 4.95. The van der Waals surface area contributed by atoms with Gasteiger partial charge < -0.3 is 10.1 Å². The molecule has 0 bridgehead atoms. The van der Waals surface area contributed by atoms with Crippen LogP contribution in [0.1, 0.15) is 13.8 Å². The molecule has 1 saturated heterocycles. The Hall–Kier alpha value is 0.270. The van der Waals surface area contributed by atoms with E-state index in [1.807, 2.05) is 11.8 Å². The van der Waals surface area contributed by atoms with E-state index < -0.39 is 0 Å². The normalized spacial score (nSPS) is 23.2. The fourth-order valence-electron chi connectivity index (χ4n) is 1.28. The van der Waals surface area contributed by atoms with Crippen molar-refractivity contribution in [1.29, 1.82) is 0 Å². The first kappa shape index (κ1) is 10.4. The number of hydrogen-bond acceptors (Lipinski definition) is 3. The molecule has 0 aromatic rings. The van der Waals surface area contributed by atoms with E-state index in [1.54, 1.807) is 0 Å². The molecule has 1 aliphatic rings. The van der Waals surface area contributed by atoms with E-state index in [4.69, 9.17) is 4.74 Å². The highest BCUT2D eigenvalue weighted by Gasteiger charge is 2.32. The molecule has 0 aliphatic carbocycles. The largest absolute Gasteiger partial charge is 0.380 e. The number of thioether (sulfide) groups is 1. The lowest BCUT2D eigenvalue weighted by molar-refractivity contribution is -0.0996. The highest BCUT2D eigenvalue weighted by Crippen LogP contribution is 2.25. The predicted octanol–water partition coefficient (Wildman–Crippen LogP) is 1.36. The van der Waals surface area contributed by atoms with Gasteiger partial charge in [0.25, 0.3) is 0 Å². The van der Waals surface area contributed by atoms with Crippen molar-refractivity contribution in [3.8, 4) is 0 Å². The second-order valence-electron chi connectivity index (χ2n) is 4.04. The molecule has 0 radical (unpaired) electrons. The molecule has 2 nitrogen and oxygen atoms in total. The minimum atomic E-state index is 0.409. The van der Waals surface area contributed by atoms with Crippen LogP contribution in [-0.2, 0) is 4.74 Å². The third-order valence-electron chi connectivity index (χ3n) is 2.20. The summed E-state index contributed by atoms with van der Waals surface area (Å²) >= 11 is 1.89. The third kappa shape index (κ3) is 2.96. The van der Waals surface area contributed by atoms with Crippen LogP contribution in [0.15, 0.2) is 0 Å². The lowest BCUT2D eigenvalue weighted by Crippen LogP contribution is -2.49. The Bertz CT molecular complexity index is 136. The highest BCUT2D eigenvalue weighted by molar-refractivity contribution is 7.98. The molecule has 0 aromatic heterocycles. The summed E-state index contributed by atoms with van der Waals surface area (Å²) in [6.07, 6.45) is 2.15. The zero-order valence-electron chi connectivity index (χ0n) is 8.22. The Morgan fingerprint density at radius 1 is 1.58 bits per heavy atom. The minimum Gasteiger partial charge on any atom is -0.380 e. The third-order valence-corrected chi connectivity index (χ3v) is 3.03. The summed E-state index contributed by atoms with van der Waals surface area (Å²) < 4.78 is 5.18. The topological polar surface area (TPSA) is 21.3 Å². The van der Waals surface area contributed by atoms with E-state index in [1.165, 1.54) is 5.75 Å². The van der Waals surface area contributed by atoms with Gasteiger partial charge in [0.1, 0.15) is 0 Å². The van der Waals surface area contributed by atoms with Crippen LogP contribution in [0.2, 0.25) is 0 Å². The van der Waals surface area contributed by atoms with Gasteiger partial charge >= 0.3 is 0 Å². The smallest absolute Gasteiger partial charge is 0.0554 e. The molecule has 1 unspecified atom stereocenters. The fraction of sp³-hybridized carbons (Fsp3) is 1.00. The molecule has 1 heterocycles. The summed E-state index contributed by atoms with van der Waals surface area (Å²) in [5.74, 6) is 1.19. The Morgan fingerprint density at radius 3 is 2.67 bits per heavy atom. The predicted molar refractivity (Wildman–Crippen MR) is 54.8 cm³/mol. The van der Waals surface area contributed by atoms with E-state index >= 15 is 0 Å². The maximum atomic E-state index is 5.18. The van der Waals surface area contributed by atoms with Crippen LogP contribution >= 0.6 is 11.8 Å². The quantitative estimate of drug-likeness (QED) is 0.705. The molecule has 72 valence electrons. The van der Waals surface area contributed by atoms with Crippen molar-refractivity contribution in [2.45, 2.75) is 19.9 Å². The van der Waals surface area contributed by atoms with Crippen molar-refractivity contribution >= 4 is 11.8 Å². The van der Waals surface area contributed by atoms with Gasteiger partial charge in [-0.25, -0.2) is 0 Å². The van der Waals surface area contributed by atoms with E-state index in [0.29, 0.717) is 11.5 Å². The molecule has 0 saturated carbocycles. The monoisotopic (exact) mass is 189 g/mol. The van der Waals surface area contributed by atoms with Crippen molar-refractivity contribution in [1.82, 2.24) is 5.32 Å². The van der Waals surface area contributed by atoms with Crippen LogP contribution in [0.5, 0.6) is 0 Å². The van der Waals surface area contributed by atoms with Crippen LogP contribution in [0.3, 0.4) is 0 Å². The fourth-order valence-corrected chi connectivity index (χ4v) is 1.90. The van der Waals surface area contributed by atoms with E-state index in [9.17, 15) is 0 Å². The Labute approximate surface area is 79.4 Å². The lowest BCUT2D eigenvalue weighted by atomic mass is 9.88. The molecule has 1 atom stereocenters. The number of hydrogen-bond donors (Lipinski definition) is 1. The molecule has 0 amide bonds. The van der Waals surface area contributed by atoms with Crippen molar-refractivity contribution in [2.24, 2.45) is 5.41 Å². The maximum Gasteiger partial charge on any atom is 0.0554 e. The van der Waals surface area contributed by atoms with Crippen LogP contribution in [-0.4, -0.2) is 37.8 Å². The van der Waals surface area contributed by atoms with Crippen LogP contribution in [0.25, 0.3) is 0 Å². The van der Waals surface area contributed by atoms with Gasteiger partial charge in [0.2, 0.25) is 0 Å². The second kappa shape index (κ2) is 4.49. The summed E-state index contributed by atoms with van der Waals surface area (Å²) in [5.41, 5.74) is 0.409. The number of rotatable bonds is 5. The Morgan fingerprint density at radius 2 is 2.25 bits per heavy atom. The summed E-state index contributed by atoms with van der Waals surface area (Å²) in [7, 11) is 0. The standard InChI is InChI=1S/C9H19NOS/c1-8(4-12-3)10-5-9(2)6-11-7-9/h8,10H,4-7H2,1-3H3.